The van der Waals surface area contributed by atoms with Crippen molar-refractivity contribution in [3.8, 4) is 5.69 Å². The van der Waals surface area contributed by atoms with Crippen LogP contribution in [0.1, 0.15) is 25.7 Å². The van der Waals surface area contributed by atoms with Crippen LogP contribution in [-0.4, -0.2) is 20.8 Å². The monoisotopic (exact) mass is 396 g/mol. The number of hydrogen-bond donors (Lipinski definition) is 2. The summed E-state index contributed by atoms with van der Waals surface area (Å²) in [5, 5.41) is 8.48. The molecule has 0 saturated heterocycles. The molecule has 2 heterocycles. The maximum absolute atomic E-state index is 13.3. The number of H-pyrrole nitrogens is 1. The Morgan fingerprint density at radius 1 is 1.14 bits per heavy atom. The third-order valence-corrected chi connectivity index (χ3v) is 5.60. The van der Waals surface area contributed by atoms with Crippen LogP contribution >= 0.6 is 11.6 Å². The fourth-order valence-corrected chi connectivity index (χ4v) is 4.15. The van der Waals surface area contributed by atoms with Crippen molar-refractivity contribution in [1.29, 1.82) is 0 Å². The zero-order chi connectivity index (χ0) is 19.3. The Bertz CT molecular complexity index is 1240. The fourth-order valence-electron chi connectivity index (χ4n) is 3.97. The summed E-state index contributed by atoms with van der Waals surface area (Å²) in [6, 6.07) is 11.6. The lowest BCUT2D eigenvalue weighted by atomic mass is 10.1. The van der Waals surface area contributed by atoms with Gasteiger partial charge in [0.1, 0.15) is 17.0 Å². The number of pyridine rings is 1. The highest BCUT2D eigenvalue weighted by molar-refractivity contribution is 6.31. The zero-order valence-electron chi connectivity index (χ0n) is 15.0. The predicted octanol–water partition coefficient (Wildman–Crippen LogP) is 5.01. The van der Waals surface area contributed by atoms with Crippen molar-refractivity contribution >= 4 is 39.2 Å². The number of hydrogen-bond acceptors (Lipinski definition) is 3. The summed E-state index contributed by atoms with van der Waals surface area (Å²) in [4.78, 5) is 18.0. The lowest BCUT2D eigenvalue weighted by Gasteiger charge is -2.14. The first-order chi connectivity index (χ1) is 13.6. The Labute approximate surface area is 165 Å². The molecule has 0 radical (unpaired) electrons. The topological polar surface area (TPSA) is 62.7 Å². The molecule has 2 aromatic carbocycles. The van der Waals surface area contributed by atoms with Crippen LogP contribution < -0.4 is 10.9 Å². The van der Waals surface area contributed by atoms with E-state index in [0.717, 1.165) is 23.7 Å². The largest absolute Gasteiger partial charge is 0.367 e. The molecule has 0 aliphatic heterocycles. The molecule has 4 aromatic rings. The summed E-state index contributed by atoms with van der Waals surface area (Å²) >= 11 is 6.19. The maximum atomic E-state index is 13.3. The molecule has 5 rings (SSSR count). The number of fused-ring (bicyclic) bond motifs is 3. The normalized spacial score (nSPS) is 14.9. The van der Waals surface area contributed by atoms with Crippen molar-refractivity contribution in [2.45, 2.75) is 31.7 Å². The van der Waals surface area contributed by atoms with Crippen LogP contribution in [0, 0.1) is 5.82 Å². The SMILES string of the molecule is O=c1c2c(NC3CCCC3)nc3ccc(Cl)cc3c2[nH]n1-c1ccc(F)cc1. The van der Waals surface area contributed by atoms with E-state index in [1.807, 2.05) is 6.07 Å². The van der Waals surface area contributed by atoms with E-state index in [0.29, 0.717) is 33.5 Å². The van der Waals surface area contributed by atoms with Gasteiger partial charge in [-0.25, -0.2) is 14.1 Å². The third-order valence-electron chi connectivity index (χ3n) is 5.37. The zero-order valence-corrected chi connectivity index (χ0v) is 15.8. The quantitative estimate of drug-likeness (QED) is 0.511. The van der Waals surface area contributed by atoms with E-state index in [2.05, 4.69) is 10.4 Å². The first-order valence-electron chi connectivity index (χ1n) is 9.36. The van der Waals surface area contributed by atoms with Crippen LogP contribution in [0.25, 0.3) is 27.5 Å². The van der Waals surface area contributed by atoms with Crippen molar-refractivity contribution in [3.05, 3.63) is 63.7 Å². The number of halogens is 2. The lowest BCUT2D eigenvalue weighted by molar-refractivity contribution is 0.627. The van der Waals surface area contributed by atoms with Crippen molar-refractivity contribution < 1.29 is 4.39 Å². The van der Waals surface area contributed by atoms with Gasteiger partial charge in [-0.1, -0.05) is 24.4 Å². The second-order valence-corrected chi connectivity index (χ2v) is 7.66. The molecule has 1 aliphatic carbocycles. The third kappa shape index (κ3) is 2.85. The molecular formula is C21H18ClFN4O. The van der Waals surface area contributed by atoms with Gasteiger partial charge in [0.25, 0.3) is 5.56 Å². The van der Waals surface area contributed by atoms with Gasteiger partial charge in [0.05, 0.1) is 16.7 Å². The van der Waals surface area contributed by atoms with Gasteiger partial charge in [-0.3, -0.25) is 9.89 Å². The van der Waals surface area contributed by atoms with Crippen LogP contribution in [0.2, 0.25) is 5.02 Å². The van der Waals surface area contributed by atoms with Gasteiger partial charge in [-0.2, -0.15) is 0 Å². The molecular weight excluding hydrogens is 379 g/mol. The van der Waals surface area contributed by atoms with Crippen LogP contribution in [0.3, 0.4) is 0 Å². The van der Waals surface area contributed by atoms with Crippen molar-refractivity contribution in [2.24, 2.45) is 0 Å². The molecule has 5 nitrogen and oxygen atoms in total. The summed E-state index contributed by atoms with van der Waals surface area (Å²) in [5.74, 6) is 0.231. The predicted molar refractivity (Wildman–Crippen MR) is 110 cm³/mol. The van der Waals surface area contributed by atoms with Gasteiger partial charge in [-0.05, 0) is 55.3 Å². The van der Waals surface area contributed by atoms with E-state index in [1.54, 1.807) is 24.3 Å². The van der Waals surface area contributed by atoms with E-state index in [1.165, 1.54) is 29.7 Å². The molecule has 0 spiro atoms. The highest BCUT2D eigenvalue weighted by atomic mass is 35.5. The van der Waals surface area contributed by atoms with E-state index in [9.17, 15) is 9.18 Å². The first kappa shape index (κ1) is 17.3. The number of anilines is 1. The smallest absolute Gasteiger partial charge is 0.282 e. The van der Waals surface area contributed by atoms with E-state index >= 15 is 0 Å². The van der Waals surface area contributed by atoms with Crippen LogP contribution in [-0.2, 0) is 0 Å². The number of benzene rings is 2. The Kier molecular flexibility index (Phi) is 4.09. The summed E-state index contributed by atoms with van der Waals surface area (Å²) in [6.45, 7) is 0. The molecule has 28 heavy (non-hydrogen) atoms. The molecule has 2 aromatic heterocycles. The van der Waals surface area contributed by atoms with Gasteiger partial charge in [0, 0.05) is 16.5 Å². The summed E-state index contributed by atoms with van der Waals surface area (Å²) in [7, 11) is 0. The number of nitrogens with zero attached hydrogens (tertiary/aromatic N) is 2. The van der Waals surface area contributed by atoms with E-state index in [-0.39, 0.29) is 11.4 Å². The molecule has 0 unspecified atom stereocenters. The minimum absolute atomic E-state index is 0.225. The standard InChI is InChI=1S/C21H18ClFN4O/c22-12-5-10-17-16(11-12)19-18(20(25-17)24-14-3-1-2-4-14)21(28)27(26-19)15-8-6-13(23)7-9-15/h5-11,14,26H,1-4H2,(H,24,25). The number of aromatic amines is 1. The molecule has 0 amide bonds. The fraction of sp³-hybridized carbons (Fsp3) is 0.238. The van der Waals surface area contributed by atoms with Crippen molar-refractivity contribution in [3.63, 3.8) is 0 Å². The van der Waals surface area contributed by atoms with Crippen LogP contribution in [0.5, 0.6) is 0 Å². The molecule has 0 bridgehead atoms. The van der Waals surface area contributed by atoms with E-state index in [4.69, 9.17) is 16.6 Å². The number of aromatic nitrogens is 3. The Morgan fingerprint density at radius 3 is 2.64 bits per heavy atom. The van der Waals surface area contributed by atoms with Gasteiger partial charge in [0.15, 0.2) is 0 Å². The van der Waals surface area contributed by atoms with E-state index < -0.39 is 0 Å². The Hall–Kier alpha value is -2.86. The van der Waals surface area contributed by atoms with Crippen molar-refractivity contribution in [2.75, 3.05) is 5.32 Å². The van der Waals surface area contributed by atoms with Gasteiger partial charge in [-0.15, -0.1) is 0 Å². The highest BCUT2D eigenvalue weighted by Gasteiger charge is 2.21. The van der Waals surface area contributed by atoms with Gasteiger partial charge >= 0.3 is 0 Å². The van der Waals surface area contributed by atoms with Crippen LogP contribution in [0.15, 0.2) is 47.3 Å². The molecule has 0 atom stereocenters. The molecule has 7 heteroatoms. The molecule has 1 fully saturated rings. The van der Waals surface area contributed by atoms with Gasteiger partial charge < -0.3 is 5.32 Å². The molecule has 1 saturated carbocycles. The van der Waals surface area contributed by atoms with Crippen molar-refractivity contribution in [1.82, 2.24) is 14.8 Å². The lowest BCUT2D eigenvalue weighted by Crippen LogP contribution is -2.19. The first-order valence-corrected chi connectivity index (χ1v) is 9.74. The minimum atomic E-state index is -0.351. The number of nitrogens with one attached hydrogen (secondary N) is 2. The highest BCUT2D eigenvalue weighted by Crippen LogP contribution is 2.31. The minimum Gasteiger partial charge on any atom is -0.367 e. The molecule has 142 valence electrons. The van der Waals surface area contributed by atoms with Gasteiger partial charge in [0.2, 0.25) is 0 Å². The van der Waals surface area contributed by atoms with Crippen LogP contribution in [0.4, 0.5) is 10.2 Å². The summed E-state index contributed by atoms with van der Waals surface area (Å²) < 4.78 is 14.7. The second-order valence-electron chi connectivity index (χ2n) is 7.23. The molecule has 2 N–H and O–H groups in total. The molecule has 1 aliphatic rings. The average molecular weight is 397 g/mol. The Morgan fingerprint density at radius 2 is 1.89 bits per heavy atom. The summed E-state index contributed by atoms with van der Waals surface area (Å²) in [5.41, 5.74) is 1.76. The second kappa shape index (κ2) is 6.63. The average Bonchev–Trinajstić information content (AvgIpc) is 3.31. The Balaban J connectivity index is 1.79. The maximum Gasteiger partial charge on any atom is 0.282 e. The number of rotatable bonds is 3. The summed E-state index contributed by atoms with van der Waals surface area (Å²) in [6.07, 6.45) is 4.49.